The molecule has 2 heteroatoms. The van der Waals surface area contributed by atoms with E-state index in [4.69, 9.17) is 5.73 Å². The van der Waals surface area contributed by atoms with Crippen molar-refractivity contribution in [1.29, 1.82) is 0 Å². The lowest BCUT2D eigenvalue weighted by Crippen LogP contribution is -2.22. The number of hydrogen-bond donors (Lipinski definition) is 2. The van der Waals surface area contributed by atoms with Gasteiger partial charge in [-0.1, -0.05) is 0 Å². The smallest absolute Gasteiger partial charge is 0.0533 e. The van der Waals surface area contributed by atoms with E-state index >= 15 is 0 Å². The topological polar surface area (TPSA) is 26.0 Å². The summed E-state index contributed by atoms with van der Waals surface area (Å²) in [6.07, 6.45) is 0. The SMILES string of the molecule is CC(C)(N)S. The fraction of sp³-hybridized carbons (Fsp3) is 1.00. The Balaban J connectivity index is 3.02. The third kappa shape index (κ3) is 239. The zero-order chi connectivity index (χ0) is 4.50. The molecule has 0 unspecified atom stereocenters. The molecule has 0 aromatic rings. The summed E-state index contributed by atoms with van der Waals surface area (Å²) in [4.78, 5) is -0.306. The molecule has 0 amide bonds. The Morgan fingerprint density at radius 2 is 1.60 bits per heavy atom. The molecule has 0 saturated carbocycles. The van der Waals surface area contributed by atoms with Crippen LogP contribution in [0.3, 0.4) is 0 Å². The monoisotopic (exact) mass is 91.0 g/mol. The normalized spacial score (nSPS) is 12.0. The van der Waals surface area contributed by atoms with Gasteiger partial charge in [0.25, 0.3) is 0 Å². The van der Waals surface area contributed by atoms with Crippen LogP contribution in [0.2, 0.25) is 0 Å². The van der Waals surface area contributed by atoms with Crippen LogP contribution in [0.15, 0.2) is 0 Å². The Morgan fingerprint density at radius 3 is 1.60 bits per heavy atom. The molecule has 2 N–H and O–H groups in total. The Hall–Kier alpha value is 0.310. The molecule has 5 heavy (non-hydrogen) atoms. The molecule has 0 atom stereocenters. The van der Waals surface area contributed by atoms with E-state index in [1.165, 1.54) is 0 Å². The highest BCUT2D eigenvalue weighted by Gasteiger charge is 1.96. The molecule has 0 fully saturated rings. The molecule has 32 valence electrons. The first-order valence-corrected chi connectivity index (χ1v) is 1.96. The predicted octanol–water partition coefficient (Wildman–Crippen LogP) is 0.611. The van der Waals surface area contributed by atoms with Gasteiger partial charge in [-0.25, -0.2) is 0 Å². The van der Waals surface area contributed by atoms with Gasteiger partial charge in [0.15, 0.2) is 0 Å². The van der Waals surface area contributed by atoms with Crippen molar-refractivity contribution in [2.75, 3.05) is 0 Å². The molecule has 0 aromatic heterocycles. The van der Waals surface area contributed by atoms with Gasteiger partial charge in [-0.05, 0) is 13.8 Å². The average molecular weight is 91.2 g/mol. The Bertz CT molecular complexity index is 22.4. The van der Waals surface area contributed by atoms with Crippen LogP contribution >= 0.6 is 12.6 Å². The third-order valence-electron chi connectivity index (χ3n) is 0. The van der Waals surface area contributed by atoms with E-state index in [-0.39, 0.29) is 4.87 Å². The van der Waals surface area contributed by atoms with Gasteiger partial charge in [-0.3, -0.25) is 0 Å². The van der Waals surface area contributed by atoms with Crippen LogP contribution < -0.4 is 5.73 Å². The van der Waals surface area contributed by atoms with Crippen LogP contribution in [-0.4, -0.2) is 4.87 Å². The lowest BCUT2D eigenvalue weighted by molar-refractivity contribution is 0.767. The predicted molar refractivity (Wildman–Crippen MR) is 27.3 cm³/mol. The molecule has 1 nitrogen and oxygen atoms in total. The van der Waals surface area contributed by atoms with E-state index in [1.807, 2.05) is 13.8 Å². The summed E-state index contributed by atoms with van der Waals surface area (Å²) < 4.78 is 0. The van der Waals surface area contributed by atoms with Gasteiger partial charge in [0, 0.05) is 0 Å². The van der Waals surface area contributed by atoms with E-state index in [9.17, 15) is 0 Å². The largest absolute Gasteiger partial charge is 0.317 e. The molecule has 0 bridgehead atoms. The van der Waals surface area contributed by atoms with Gasteiger partial charge < -0.3 is 5.73 Å². The molecule has 0 rings (SSSR count). The molecule has 0 heterocycles. The zero-order valence-electron chi connectivity index (χ0n) is 3.52. The van der Waals surface area contributed by atoms with Crippen molar-refractivity contribution in [2.24, 2.45) is 5.73 Å². The maximum Gasteiger partial charge on any atom is 0.0533 e. The van der Waals surface area contributed by atoms with Crippen LogP contribution in [-0.2, 0) is 0 Å². The lowest BCUT2D eigenvalue weighted by Gasteiger charge is -2.05. The fourth-order valence-corrected chi connectivity index (χ4v) is 0. The zero-order valence-corrected chi connectivity index (χ0v) is 4.42. The minimum Gasteiger partial charge on any atom is -0.317 e. The summed E-state index contributed by atoms with van der Waals surface area (Å²) in [6, 6.07) is 0. The van der Waals surface area contributed by atoms with Gasteiger partial charge in [0.1, 0.15) is 0 Å². The van der Waals surface area contributed by atoms with Crippen molar-refractivity contribution in [1.82, 2.24) is 0 Å². The molecular weight excluding hydrogens is 82.1 g/mol. The second kappa shape index (κ2) is 1.19. The maximum absolute atomic E-state index is 5.22. The number of rotatable bonds is 0. The molecule has 0 aliphatic carbocycles. The molecule has 0 spiro atoms. The number of nitrogens with two attached hydrogens (primary N) is 1. The van der Waals surface area contributed by atoms with Crippen molar-refractivity contribution in [3.05, 3.63) is 0 Å². The summed E-state index contributed by atoms with van der Waals surface area (Å²) in [5, 5.41) is 0. The van der Waals surface area contributed by atoms with Crippen LogP contribution in [0, 0.1) is 0 Å². The minimum absolute atomic E-state index is 0.306. The van der Waals surface area contributed by atoms with Crippen LogP contribution in [0.5, 0.6) is 0 Å². The second-order valence-corrected chi connectivity index (χ2v) is 2.81. The highest BCUT2D eigenvalue weighted by molar-refractivity contribution is 7.81. The van der Waals surface area contributed by atoms with E-state index in [1.54, 1.807) is 0 Å². The van der Waals surface area contributed by atoms with Crippen molar-refractivity contribution in [3.8, 4) is 0 Å². The van der Waals surface area contributed by atoms with Crippen LogP contribution in [0.1, 0.15) is 13.8 Å². The first-order valence-electron chi connectivity index (χ1n) is 1.51. The average Bonchev–Trinajstić information content (AvgIpc) is 0.722. The fourth-order valence-electron chi connectivity index (χ4n) is 0. The van der Waals surface area contributed by atoms with E-state index in [2.05, 4.69) is 12.6 Å². The van der Waals surface area contributed by atoms with Gasteiger partial charge in [0.2, 0.25) is 0 Å². The first kappa shape index (κ1) is 5.31. The van der Waals surface area contributed by atoms with Gasteiger partial charge in [-0.15, -0.1) is 0 Å². The Labute approximate surface area is 38.0 Å². The summed E-state index contributed by atoms with van der Waals surface area (Å²) in [7, 11) is 0. The van der Waals surface area contributed by atoms with E-state index < -0.39 is 0 Å². The molecule has 0 radical (unpaired) electrons. The summed E-state index contributed by atoms with van der Waals surface area (Å²) >= 11 is 3.90. The highest BCUT2D eigenvalue weighted by Crippen LogP contribution is 1.98. The summed E-state index contributed by atoms with van der Waals surface area (Å²) in [5.41, 5.74) is 5.22. The summed E-state index contributed by atoms with van der Waals surface area (Å²) in [6.45, 7) is 3.66. The number of hydrogen-bond acceptors (Lipinski definition) is 2. The lowest BCUT2D eigenvalue weighted by atomic mass is 10.4. The van der Waals surface area contributed by atoms with Crippen molar-refractivity contribution < 1.29 is 0 Å². The minimum atomic E-state index is -0.306. The van der Waals surface area contributed by atoms with Crippen LogP contribution in [0.25, 0.3) is 0 Å². The van der Waals surface area contributed by atoms with Crippen molar-refractivity contribution >= 4 is 12.6 Å². The van der Waals surface area contributed by atoms with Gasteiger partial charge in [0.05, 0.1) is 4.87 Å². The highest BCUT2D eigenvalue weighted by atomic mass is 32.1. The van der Waals surface area contributed by atoms with Gasteiger partial charge in [-0.2, -0.15) is 12.6 Å². The van der Waals surface area contributed by atoms with Crippen molar-refractivity contribution in [2.45, 2.75) is 18.7 Å². The molecule has 0 aliphatic heterocycles. The van der Waals surface area contributed by atoms with E-state index in [0.29, 0.717) is 0 Å². The van der Waals surface area contributed by atoms with Crippen LogP contribution in [0.4, 0.5) is 0 Å². The van der Waals surface area contributed by atoms with Gasteiger partial charge >= 0.3 is 0 Å². The molecule has 0 saturated heterocycles. The van der Waals surface area contributed by atoms with E-state index in [0.717, 1.165) is 0 Å². The molecular formula is C3H9NS. The maximum atomic E-state index is 5.22. The molecule has 0 aromatic carbocycles. The third-order valence-corrected chi connectivity index (χ3v) is 0. The standard InChI is InChI=1S/C3H9NS/c1-3(2,4)5/h5H,4H2,1-2H3. The molecule has 0 aliphatic rings. The summed E-state index contributed by atoms with van der Waals surface area (Å²) in [5.74, 6) is 0. The second-order valence-electron chi connectivity index (χ2n) is 1.65. The quantitative estimate of drug-likeness (QED) is 0.331. The first-order chi connectivity index (χ1) is 2.00. The Morgan fingerprint density at radius 1 is 1.60 bits per heavy atom. The Kier molecular flexibility index (Phi) is 1.26. The van der Waals surface area contributed by atoms with Crippen molar-refractivity contribution in [3.63, 3.8) is 0 Å². The number of thiol groups is 1.